The molecule has 0 spiro atoms. The molecule has 0 saturated carbocycles. The molecule has 0 unspecified atom stereocenters. The Morgan fingerprint density at radius 2 is 1.63 bits per heavy atom. The van der Waals surface area contributed by atoms with Gasteiger partial charge >= 0.3 is 0 Å². The lowest BCUT2D eigenvalue weighted by molar-refractivity contribution is -0.113. The number of carbonyl (C=O) groups excluding carboxylic acids is 1. The largest absolute Gasteiger partial charge is 0.488 e. The van der Waals surface area contributed by atoms with E-state index in [0.29, 0.717) is 15.8 Å². The molecule has 6 heteroatoms. The molecule has 0 atom stereocenters. The summed E-state index contributed by atoms with van der Waals surface area (Å²) >= 11 is 6.87. The molecule has 0 radical (unpaired) electrons. The van der Waals surface area contributed by atoms with Crippen molar-refractivity contribution in [1.29, 1.82) is 0 Å². The van der Waals surface area contributed by atoms with E-state index in [4.69, 9.17) is 17.0 Å². The molecule has 35 heavy (non-hydrogen) atoms. The van der Waals surface area contributed by atoms with Crippen LogP contribution in [0.4, 0.5) is 11.4 Å². The molecular weight excluding hydrogens is 472 g/mol. The van der Waals surface area contributed by atoms with Crippen molar-refractivity contribution in [3.63, 3.8) is 0 Å². The maximum Gasteiger partial charge on any atom is 0.270 e. The number of anilines is 2. The summed E-state index contributed by atoms with van der Waals surface area (Å²) in [5, 5.41) is 2.36. The van der Waals surface area contributed by atoms with Gasteiger partial charge in [0.15, 0.2) is 4.32 Å². The van der Waals surface area contributed by atoms with E-state index < -0.39 is 0 Å². The van der Waals surface area contributed by atoms with Crippen molar-refractivity contribution in [2.75, 3.05) is 23.9 Å². The lowest BCUT2D eigenvalue weighted by atomic mass is 10.1. The van der Waals surface area contributed by atoms with Gasteiger partial charge in [0.2, 0.25) is 0 Å². The van der Waals surface area contributed by atoms with Crippen molar-refractivity contribution in [1.82, 2.24) is 0 Å². The highest BCUT2D eigenvalue weighted by atomic mass is 32.2. The van der Waals surface area contributed by atoms with Gasteiger partial charge in [0.25, 0.3) is 5.91 Å². The van der Waals surface area contributed by atoms with Gasteiger partial charge in [-0.1, -0.05) is 84.6 Å². The van der Waals surface area contributed by atoms with Crippen LogP contribution in [-0.4, -0.2) is 24.3 Å². The number of benzene rings is 4. The van der Waals surface area contributed by atoms with Gasteiger partial charge in [0, 0.05) is 25.3 Å². The van der Waals surface area contributed by atoms with Crippen molar-refractivity contribution < 1.29 is 9.53 Å². The highest BCUT2D eigenvalue weighted by Gasteiger charge is 2.33. The lowest BCUT2D eigenvalue weighted by Gasteiger charge is -2.17. The molecule has 1 aliphatic heterocycles. The first kappa shape index (κ1) is 23.1. The minimum absolute atomic E-state index is 0.124. The van der Waals surface area contributed by atoms with E-state index in [-0.39, 0.29) is 5.91 Å². The maximum atomic E-state index is 13.3. The zero-order chi connectivity index (χ0) is 24.4. The monoisotopic (exact) mass is 496 g/mol. The first-order chi connectivity index (χ1) is 17.0. The molecule has 1 heterocycles. The molecule has 1 amide bonds. The second-order valence-corrected chi connectivity index (χ2v) is 10.1. The van der Waals surface area contributed by atoms with E-state index in [1.54, 1.807) is 4.90 Å². The van der Waals surface area contributed by atoms with Gasteiger partial charge in [-0.2, -0.15) is 0 Å². The van der Waals surface area contributed by atoms with Crippen molar-refractivity contribution in [2.45, 2.75) is 6.61 Å². The van der Waals surface area contributed by atoms with E-state index in [0.717, 1.165) is 28.3 Å². The Balaban J connectivity index is 1.38. The molecule has 1 aliphatic rings. The van der Waals surface area contributed by atoms with Gasteiger partial charge in [-0.15, -0.1) is 0 Å². The quantitative estimate of drug-likeness (QED) is 0.214. The second-order valence-electron chi connectivity index (χ2n) is 8.39. The number of thiocarbonyl (C=S) groups is 1. The summed E-state index contributed by atoms with van der Waals surface area (Å²) in [6, 6.07) is 30.1. The fourth-order valence-corrected chi connectivity index (χ4v) is 5.33. The molecule has 4 aromatic carbocycles. The summed E-state index contributed by atoms with van der Waals surface area (Å²) in [6.45, 7) is 0.436. The molecule has 1 saturated heterocycles. The molecule has 4 aromatic rings. The third kappa shape index (κ3) is 4.81. The molecule has 1 fully saturated rings. The fourth-order valence-electron chi connectivity index (χ4n) is 4.04. The number of thioether (sulfide) groups is 1. The Kier molecular flexibility index (Phi) is 6.57. The molecule has 0 aliphatic carbocycles. The maximum absolute atomic E-state index is 13.3. The topological polar surface area (TPSA) is 32.8 Å². The van der Waals surface area contributed by atoms with Crippen LogP contribution in [0.5, 0.6) is 5.75 Å². The summed E-state index contributed by atoms with van der Waals surface area (Å²) < 4.78 is 6.76. The molecule has 0 bridgehead atoms. The Labute approximate surface area is 214 Å². The van der Waals surface area contributed by atoms with Crippen molar-refractivity contribution >= 4 is 62.4 Å². The van der Waals surface area contributed by atoms with E-state index in [1.165, 1.54) is 22.5 Å². The zero-order valence-corrected chi connectivity index (χ0v) is 21.1. The molecule has 5 rings (SSSR count). The highest BCUT2D eigenvalue weighted by molar-refractivity contribution is 8.27. The normalized spacial score (nSPS) is 14.7. The van der Waals surface area contributed by atoms with Crippen LogP contribution in [0.3, 0.4) is 0 Å². The lowest BCUT2D eigenvalue weighted by Crippen LogP contribution is -2.27. The van der Waals surface area contributed by atoms with E-state index in [9.17, 15) is 4.79 Å². The number of nitrogens with zero attached hydrogens (tertiary/aromatic N) is 2. The SMILES string of the molecule is CN(C)c1ccc(N2C(=O)/C(=C/c3ccccc3OCc3cccc4ccccc34)SC2=S)cc1. The van der Waals surface area contributed by atoms with Crippen LogP contribution in [0.15, 0.2) is 95.9 Å². The van der Waals surface area contributed by atoms with Gasteiger partial charge in [-0.3, -0.25) is 9.69 Å². The Bertz CT molecular complexity index is 1440. The van der Waals surface area contributed by atoms with Crippen LogP contribution in [-0.2, 0) is 11.4 Å². The Hall–Kier alpha value is -3.61. The first-order valence-corrected chi connectivity index (χ1v) is 12.5. The summed E-state index contributed by atoms with van der Waals surface area (Å²) in [7, 11) is 3.97. The number of rotatable bonds is 6. The van der Waals surface area contributed by atoms with Crippen LogP contribution in [0, 0.1) is 0 Å². The van der Waals surface area contributed by atoms with Gasteiger partial charge in [-0.05, 0) is 52.7 Å². The highest BCUT2D eigenvalue weighted by Crippen LogP contribution is 2.37. The number of amides is 1. The average Bonchev–Trinajstić information content (AvgIpc) is 3.15. The fraction of sp³-hybridized carbons (Fsp3) is 0.103. The van der Waals surface area contributed by atoms with Crippen LogP contribution in [0.25, 0.3) is 16.8 Å². The molecule has 4 nitrogen and oxygen atoms in total. The van der Waals surface area contributed by atoms with Gasteiger partial charge in [0.05, 0.1) is 10.6 Å². The van der Waals surface area contributed by atoms with Crippen LogP contribution in [0.2, 0.25) is 0 Å². The van der Waals surface area contributed by atoms with Gasteiger partial charge in [0.1, 0.15) is 12.4 Å². The predicted octanol–water partition coefficient (Wildman–Crippen LogP) is 6.89. The van der Waals surface area contributed by atoms with E-state index in [1.807, 2.05) is 91.8 Å². The van der Waals surface area contributed by atoms with Crippen molar-refractivity contribution in [3.05, 3.63) is 107 Å². The van der Waals surface area contributed by atoms with Gasteiger partial charge in [-0.25, -0.2) is 0 Å². The summed E-state index contributed by atoms with van der Waals surface area (Å²) in [4.78, 5) is 17.5. The molecule has 0 N–H and O–H groups in total. The number of carbonyl (C=O) groups is 1. The van der Waals surface area contributed by atoms with E-state index in [2.05, 4.69) is 24.3 Å². The Morgan fingerprint density at radius 1 is 0.914 bits per heavy atom. The summed E-state index contributed by atoms with van der Waals surface area (Å²) in [6.07, 6.45) is 1.87. The van der Waals surface area contributed by atoms with Crippen LogP contribution >= 0.6 is 24.0 Å². The third-order valence-electron chi connectivity index (χ3n) is 5.89. The van der Waals surface area contributed by atoms with Crippen LogP contribution < -0.4 is 14.5 Å². The molecule has 0 aromatic heterocycles. The number of ether oxygens (including phenoxy) is 1. The predicted molar refractivity (Wildman–Crippen MR) is 151 cm³/mol. The standard InChI is InChI=1S/C29H24N2O2S2/c1-30(2)23-14-16-24(17-15-23)31-28(32)27(35-29(31)34)18-21-9-4-6-13-26(21)33-19-22-11-7-10-20-8-3-5-12-25(20)22/h3-18H,19H2,1-2H3/b27-18-. The average molecular weight is 497 g/mol. The number of para-hydroxylation sites is 1. The molecule has 174 valence electrons. The zero-order valence-electron chi connectivity index (χ0n) is 19.5. The minimum atomic E-state index is -0.124. The third-order valence-corrected chi connectivity index (χ3v) is 7.19. The summed E-state index contributed by atoms with van der Waals surface area (Å²) in [5.41, 5.74) is 3.79. The second kappa shape index (κ2) is 9.94. The smallest absolute Gasteiger partial charge is 0.270 e. The van der Waals surface area contributed by atoms with Crippen molar-refractivity contribution in [2.24, 2.45) is 0 Å². The number of hydrogen-bond acceptors (Lipinski definition) is 5. The number of hydrogen-bond donors (Lipinski definition) is 0. The summed E-state index contributed by atoms with van der Waals surface area (Å²) in [5.74, 6) is 0.600. The van der Waals surface area contributed by atoms with E-state index >= 15 is 0 Å². The van der Waals surface area contributed by atoms with Crippen LogP contribution in [0.1, 0.15) is 11.1 Å². The first-order valence-electron chi connectivity index (χ1n) is 11.2. The molecular formula is C29H24N2O2S2. The minimum Gasteiger partial charge on any atom is -0.488 e. The number of fused-ring (bicyclic) bond motifs is 1. The van der Waals surface area contributed by atoms with Crippen molar-refractivity contribution in [3.8, 4) is 5.75 Å². The van der Waals surface area contributed by atoms with Gasteiger partial charge < -0.3 is 9.64 Å². The Morgan fingerprint density at radius 3 is 2.43 bits per heavy atom.